The highest BCUT2D eigenvalue weighted by atomic mass is 16.5. The lowest BCUT2D eigenvalue weighted by Crippen LogP contribution is -2.52. The number of nitrogens with zero attached hydrogens (tertiary/aromatic N) is 1. The molecule has 1 saturated heterocycles. The highest BCUT2D eigenvalue weighted by Crippen LogP contribution is 2.36. The summed E-state index contributed by atoms with van der Waals surface area (Å²) in [4.78, 5) is 17.9. The number of morpholine rings is 1. The molecule has 1 aliphatic carbocycles. The molecule has 0 atom stereocenters. The van der Waals surface area contributed by atoms with Crippen LogP contribution in [0, 0.1) is 0 Å². The van der Waals surface area contributed by atoms with Crippen LogP contribution in [0.15, 0.2) is 30.5 Å². The van der Waals surface area contributed by atoms with Crippen LogP contribution in [0.3, 0.4) is 0 Å². The van der Waals surface area contributed by atoms with E-state index < -0.39 is 0 Å². The third kappa shape index (κ3) is 2.23. The van der Waals surface area contributed by atoms with Crippen LogP contribution in [0.2, 0.25) is 0 Å². The molecule has 1 aliphatic heterocycles. The Morgan fingerprint density at radius 3 is 2.95 bits per heavy atom. The van der Waals surface area contributed by atoms with E-state index in [1.54, 1.807) is 0 Å². The molecule has 1 saturated carbocycles. The van der Waals surface area contributed by atoms with Crippen molar-refractivity contribution in [1.29, 1.82) is 0 Å². The Bertz CT molecular complexity index is 670. The number of benzene rings is 1. The summed E-state index contributed by atoms with van der Waals surface area (Å²) in [7, 11) is 0. The number of fused-ring (bicyclic) bond motifs is 1. The molecule has 0 bridgehead atoms. The number of rotatable bonds is 1. The average molecular weight is 284 g/mol. The molecular formula is C17H20N2O2. The van der Waals surface area contributed by atoms with Gasteiger partial charge in [-0.2, -0.15) is 0 Å². The summed E-state index contributed by atoms with van der Waals surface area (Å²) in [5, 5.41) is 1.09. The van der Waals surface area contributed by atoms with E-state index in [-0.39, 0.29) is 11.5 Å². The number of hydrogen-bond donors (Lipinski definition) is 1. The van der Waals surface area contributed by atoms with Crippen molar-refractivity contribution in [3.63, 3.8) is 0 Å². The van der Waals surface area contributed by atoms with E-state index in [0.717, 1.165) is 35.9 Å². The van der Waals surface area contributed by atoms with Crippen molar-refractivity contribution < 1.29 is 9.53 Å². The summed E-state index contributed by atoms with van der Waals surface area (Å²) < 4.78 is 6.00. The van der Waals surface area contributed by atoms with Gasteiger partial charge in [0, 0.05) is 29.2 Å². The van der Waals surface area contributed by atoms with Crippen molar-refractivity contribution in [2.45, 2.75) is 31.3 Å². The van der Waals surface area contributed by atoms with E-state index in [2.05, 4.69) is 4.98 Å². The SMILES string of the molecule is O=C(c1ccc2[nH]ccc2c1)N1CCOC2(CCCC2)C1. The number of carbonyl (C=O) groups excluding carboxylic acids is 1. The number of aromatic nitrogens is 1. The summed E-state index contributed by atoms with van der Waals surface area (Å²) in [6.07, 6.45) is 6.52. The van der Waals surface area contributed by atoms with Crippen LogP contribution in [0.1, 0.15) is 36.0 Å². The maximum absolute atomic E-state index is 12.8. The van der Waals surface area contributed by atoms with Crippen LogP contribution < -0.4 is 0 Å². The lowest BCUT2D eigenvalue weighted by Gasteiger charge is -2.40. The van der Waals surface area contributed by atoms with Gasteiger partial charge in [-0.05, 0) is 37.1 Å². The molecule has 4 rings (SSSR count). The number of H-pyrrole nitrogens is 1. The van der Waals surface area contributed by atoms with Crippen molar-refractivity contribution in [1.82, 2.24) is 9.88 Å². The number of hydrogen-bond acceptors (Lipinski definition) is 2. The van der Waals surface area contributed by atoms with Crippen LogP contribution in [0.5, 0.6) is 0 Å². The van der Waals surface area contributed by atoms with Gasteiger partial charge >= 0.3 is 0 Å². The first-order chi connectivity index (χ1) is 10.3. The topological polar surface area (TPSA) is 45.3 Å². The van der Waals surface area contributed by atoms with Gasteiger partial charge in [0.2, 0.25) is 0 Å². The number of nitrogens with one attached hydrogen (secondary N) is 1. The van der Waals surface area contributed by atoms with Gasteiger partial charge in [0.15, 0.2) is 0 Å². The highest BCUT2D eigenvalue weighted by molar-refractivity contribution is 5.98. The number of aromatic amines is 1. The summed E-state index contributed by atoms with van der Waals surface area (Å²) in [5.74, 6) is 0.132. The molecule has 110 valence electrons. The third-order valence-corrected chi connectivity index (χ3v) is 4.85. The van der Waals surface area contributed by atoms with Gasteiger partial charge in [0.25, 0.3) is 5.91 Å². The maximum Gasteiger partial charge on any atom is 0.254 e. The van der Waals surface area contributed by atoms with Gasteiger partial charge in [-0.25, -0.2) is 0 Å². The van der Waals surface area contributed by atoms with Crippen molar-refractivity contribution in [3.05, 3.63) is 36.0 Å². The number of ether oxygens (including phenoxy) is 1. The Hall–Kier alpha value is -1.81. The molecular weight excluding hydrogens is 264 g/mol. The fraction of sp³-hybridized carbons (Fsp3) is 0.471. The summed E-state index contributed by atoms with van der Waals surface area (Å²) in [5.41, 5.74) is 1.78. The van der Waals surface area contributed by atoms with Gasteiger partial charge in [-0.1, -0.05) is 12.8 Å². The van der Waals surface area contributed by atoms with Gasteiger partial charge < -0.3 is 14.6 Å². The smallest absolute Gasteiger partial charge is 0.254 e. The minimum atomic E-state index is -0.0634. The van der Waals surface area contributed by atoms with Gasteiger partial charge in [0.1, 0.15) is 0 Å². The van der Waals surface area contributed by atoms with Crippen LogP contribution in [-0.2, 0) is 4.74 Å². The van der Waals surface area contributed by atoms with E-state index in [4.69, 9.17) is 4.74 Å². The molecule has 2 aromatic rings. The lowest BCUT2D eigenvalue weighted by molar-refractivity contribution is -0.0948. The second-order valence-electron chi connectivity index (χ2n) is 6.24. The third-order valence-electron chi connectivity index (χ3n) is 4.85. The summed E-state index contributed by atoms with van der Waals surface area (Å²) in [6, 6.07) is 7.88. The second kappa shape index (κ2) is 4.88. The van der Waals surface area contributed by atoms with Crippen molar-refractivity contribution in [3.8, 4) is 0 Å². The van der Waals surface area contributed by atoms with E-state index >= 15 is 0 Å². The lowest BCUT2D eigenvalue weighted by atomic mass is 9.99. The molecule has 4 nitrogen and oxygen atoms in total. The Morgan fingerprint density at radius 1 is 1.24 bits per heavy atom. The highest BCUT2D eigenvalue weighted by Gasteiger charge is 2.40. The molecule has 1 spiro atoms. The van der Waals surface area contributed by atoms with Crippen LogP contribution in [0.4, 0.5) is 0 Å². The normalized spacial score (nSPS) is 21.2. The molecule has 1 aromatic carbocycles. The first-order valence-electron chi connectivity index (χ1n) is 7.76. The molecule has 2 heterocycles. The van der Waals surface area contributed by atoms with E-state index in [1.165, 1.54) is 12.8 Å². The van der Waals surface area contributed by atoms with Gasteiger partial charge in [0.05, 0.1) is 18.8 Å². The molecule has 0 unspecified atom stereocenters. The largest absolute Gasteiger partial charge is 0.371 e. The Labute approximate surface area is 124 Å². The fourth-order valence-electron chi connectivity index (χ4n) is 3.71. The van der Waals surface area contributed by atoms with E-state index in [1.807, 2.05) is 35.4 Å². The van der Waals surface area contributed by atoms with Crippen molar-refractivity contribution in [2.75, 3.05) is 19.7 Å². The first kappa shape index (κ1) is 12.9. The molecule has 1 aromatic heterocycles. The van der Waals surface area contributed by atoms with Crippen LogP contribution >= 0.6 is 0 Å². The predicted octanol–water partition coefficient (Wildman–Crippen LogP) is 2.95. The quantitative estimate of drug-likeness (QED) is 0.875. The molecule has 21 heavy (non-hydrogen) atoms. The first-order valence-corrected chi connectivity index (χ1v) is 7.76. The van der Waals surface area contributed by atoms with E-state index in [9.17, 15) is 4.79 Å². The van der Waals surface area contributed by atoms with Gasteiger partial charge in [-0.3, -0.25) is 4.79 Å². The minimum Gasteiger partial charge on any atom is -0.371 e. The zero-order chi connectivity index (χ0) is 14.3. The molecule has 0 radical (unpaired) electrons. The molecule has 1 amide bonds. The Morgan fingerprint density at radius 2 is 2.10 bits per heavy atom. The number of amides is 1. The fourth-order valence-corrected chi connectivity index (χ4v) is 3.71. The molecule has 4 heteroatoms. The summed E-state index contributed by atoms with van der Waals surface area (Å²) >= 11 is 0. The number of carbonyl (C=O) groups is 1. The predicted molar refractivity (Wildman–Crippen MR) is 81.4 cm³/mol. The molecule has 2 fully saturated rings. The van der Waals surface area contributed by atoms with Crippen LogP contribution in [-0.4, -0.2) is 41.1 Å². The van der Waals surface area contributed by atoms with E-state index in [0.29, 0.717) is 13.2 Å². The molecule has 1 N–H and O–H groups in total. The Balaban J connectivity index is 1.58. The minimum absolute atomic E-state index is 0.0634. The van der Waals surface area contributed by atoms with Crippen LogP contribution in [0.25, 0.3) is 10.9 Å². The molecule has 2 aliphatic rings. The zero-order valence-corrected chi connectivity index (χ0v) is 12.1. The zero-order valence-electron chi connectivity index (χ0n) is 12.1. The average Bonchev–Trinajstić information content (AvgIpc) is 3.15. The van der Waals surface area contributed by atoms with Gasteiger partial charge in [-0.15, -0.1) is 0 Å². The Kier molecular flexibility index (Phi) is 3.00. The monoisotopic (exact) mass is 284 g/mol. The second-order valence-corrected chi connectivity index (χ2v) is 6.24. The summed E-state index contributed by atoms with van der Waals surface area (Å²) in [6.45, 7) is 2.11. The standard InChI is InChI=1S/C17H20N2O2/c20-16(14-3-4-15-13(11-14)5-8-18-15)19-9-10-21-17(12-19)6-1-2-7-17/h3-5,8,11,18H,1-2,6-7,9-10,12H2. The van der Waals surface area contributed by atoms with Crippen molar-refractivity contribution in [2.24, 2.45) is 0 Å². The van der Waals surface area contributed by atoms with Crippen molar-refractivity contribution >= 4 is 16.8 Å². The maximum atomic E-state index is 12.8.